The van der Waals surface area contributed by atoms with Gasteiger partial charge in [-0.3, -0.25) is 4.79 Å². The second-order valence-corrected chi connectivity index (χ2v) is 13.7. The summed E-state index contributed by atoms with van der Waals surface area (Å²) in [6.07, 6.45) is 3.78. The van der Waals surface area contributed by atoms with Gasteiger partial charge in [0, 0.05) is 12.3 Å². The second kappa shape index (κ2) is 9.43. The van der Waals surface area contributed by atoms with E-state index in [9.17, 15) is 25.2 Å². The summed E-state index contributed by atoms with van der Waals surface area (Å²) in [5, 5.41) is 43.0. The Morgan fingerprint density at radius 3 is 2.15 bits per heavy atom. The molecule has 0 aliphatic heterocycles. The molecule has 4 aliphatic rings. The molecule has 4 N–H and O–H groups in total. The molecule has 0 heterocycles. The summed E-state index contributed by atoms with van der Waals surface area (Å²) in [5.74, 6) is 2.27. The van der Waals surface area contributed by atoms with Crippen LogP contribution in [0.3, 0.4) is 0 Å². The summed E-state index contributed by atoms with van der Waals surface area (Å²) < 4.78 is 0. The standard InChI is InChI=1S/C29H50O5/c1-15(2)16(3)26(33)27(34)17(4)19-8-9-20-18-7-10-23(30)22-13-24(31)25(32)14-29(22,6)21(18)11-12-28(19,20)5/h15-22,24-27,31-34H,7-14H2,1-6H3/t16-,17-,18?,19+,20?,21?,22-,24-,25+,26+,27+,28+,29+/m0/s1. The number of ketones is 1. The van der Waals surface area contributed by atoms with Crippen molar-refractivity contribution in [2.24, 2.45) is 58.2 Å². The molecule has 4 rings (SSSR count). The molecule has 13 atom stereocenters. The molecule has 0 bridgehead atoms. The summed E-state index contributed by atoms with van der Waals surface area (Å²) >= 11 is 0. The zero-order chi connectivity index (χ0) is 25.2. The minimum atomic E-state index is -0.787. The van der Waals surface area contributed by atoms with Crippen molar-refractivity contribution in [2.75, 3.05) is 0 Å². The van der Waals surface area contributed by atoms with Crippen molar-refractivity contribution in [3.63, 3.8) is 0 Å². The van der Waals surface area contributed by atoms with E-state index in [0.29, 0.717) is 48.9 Å². The van der Waals surface area contributed by atoms with Gasteiger partial charge in [-0.25, -0.2) is 0 Å². The first-order valence-corrected chi connectivity index (χ1v) is 14.1. The van der Waals surface area contributed by atoms with Gasteiger partial charge in [-0.2, -0.15) is 0 Å². The monoisotopic (exact) mass is 478 g/mol. The maximum absolute atomic E-state index is 13.2. The molecular weight excluding hydrogens is 428 g/mol. The van der Waals surface area contributed by atoms with Crippen molar-refractivity contribution in [3.05, 3.63) is 0 Å². The van der Waals surface area contributed by atoms with Crippen molar-refractivity contribution < 1.29 is 25.2 Å². The largest absolute Gasteiger partial charge is 0.390 e. The normalized spacial score (nSPS) is 48.3. The average Bonchev–Trinajstić information content (AvgIpc) is 3.09. The Labute approximate surface area is 206 Å². The van der Waals surface area contributed by atoms with Crippen molar-refractivity contribution in [3.8, 4) is 0 Å². The van der Waals surface area contributed by atoms with E-state index in [2.05, 4.69) is 34.6 Å². The molecule has 4 aliphatic carbocycles. The van der Waals surface area contributed by atoms with Crippen molar-refractivity contribution in [2.45, 2.75) is 117 Å². The van der Waals surface area contributed by atoms with Crippen LogP contribution in [0.4, 0.5) is 0 Å². The summed E-state index contributed by atoms with van der Waals surface area (Å²) in [7, 11) is 0. The third-order valence-corrected chi connectivity index (χ3v) is 12.0. The maximum atomic E-state index is 13.2. The lowest BCUT2D eigenvalue weighted by molar-refractivity contribution is -0.149. The molecule has 0 aromatic carbocycles. The van der Waals surface area contributed by atoms with Gasteiger partial charge in [0.15, 0.2) is 0 Å². The number of aliphatic hydroxyl groups is 4. The first-order chi connectivity index (χ1) is 15.8. The van der Waals surface area contributed by atoms with Crippen molar-refractivity contribution in [1.82, 2.24) is 0 Å². The Morgan fingerprint density at radius 1 is 0.853 bits per heavy atom. The summed E-state index contributed by atoms with van der Waals surface area (Å²) in [6, 6.07) is 0. The van der Waals surface area contributed by atoms with Crippen LogP contribution in [0.25, 0.3) is 0 Å². The molecule has 4 saturated carbocycles. The van der Waals surface area contributed by atoms with Gasteiger partial charge >= 0.3 is 0 Å². The smallest absolute Gasteiger partial charge is 0.136 e. The Kier molecular flexibility index (Phi) is 7.37. The van der Waals surface area contributed by atoms with E-state index in [1.165, 1.54) is 0 Å². The number of aliphatic hydroxyl groups excluding tert-OH is 4. The van der Waals surface area contributed by atoms with Crippen LogP contribution in [0.5, 0.6) is 0 Å². The number of fused-ring (bicyclic) bond motifs is 5. The lowest BCUT2D eigenvalue weighted by atomic mass is 9.48. The topological polar surface area (TPSA) is 98.0 Å². The van der Waals surface area contributed by atoms with Crippen molar-refractivity contribution >= 4 is 5.78 Å². The zero-order valence-electron chi connectivity index (χ0n) is 22.3. The van der Waals surface area contributed by atoms with Gasteiger partial charge in [-0.1, -0.05) is 41.5 Å². The maximum Gasteiger partial charge on any atom is 0.136 e. The van der Waals surface area contributed by atoms with Crippen LogP contribution in [-0.4, -0.2) is 50.6 Å². The third-order valence-electron chi connectivity index (χ3n) is 12.0. The van der Waals surface area contributed by atoms with Crippen LogP contribution in [0, 0.1) is 58.2 Å². The van der Waals surface area contributed by atoms with Gasteiger partial charge in [0.1, 0.15) is 5.78 Å². The third kappa shape index (κ3) is 4.11. The van der Waals surface area contributed by atoms with Crippen LogP contribution >= 0.6 is 0 Å². The average molecular weight is 479 g/mol. The number of Topliss-reactive ketones (excluding diaryl/α,β-unsaturated/α-hetero) is 1. The Morgan fingerprint density at radius 2 is 1.50 bits per heavy atom. The Bertz CT molecular complexity index is 753. The van der Waals surface area contributed by atoms with Crippen molar-refractivity contribution in [1.29, 1.82) is 0 Å². The van der Waals surface area contributed by atoms with E-state index in [-0.39, 0.29) is 34.4 Å². The molecule has 0 amide bonds. The van der Waals surface area contributed by atoms with E-state index in [1.54, 1.807) is 0 Å². The number of hydrogen-bond donors (Lipinski definition) is 4. The first-order valence-electron chi connectivity index (χ1n) is 14.1. The molecule has 3 unspecified atom stereocenters. The highest BCUT2D eigenvalue weighted by Crippen LogP contribution is 2.67. The molecule has 34 heavy (non-hydrogen) atoms. The zero-order valence-corrected chi connectivity index (χ0v) is 22.3. The van der Waals surface area contributed by atoms with Gasteiger partial charge in [0.05, 0.1) is 24.4 Å². The fourth-order valence-corrected chi connectivity index (χ4v) is 9.46. The molecule has 4 fully saturated rings. The number of rotatable bonds is 5. The molecule has 0 aromatic heterocycles. The van der Waals surface area contributed by atoms with E-state index in [0.717, 1.165) is 32.1 Å². The lowest BCUT2D eigenvalue weighted by Crippen LogP contribution is -2.54. The Balaban J connectivity index is 1.58. The highest BCUT2D eigenvalue weighted by atomic mass is 16.3. The molecule has 0 saturated heterocycles. The minimum absolute atomic E-state index is 0.0325. The summed E-state index contributed by atoms with van der Waals surface area (Å²) in [5.41, 5.74) is -0.140. The molecule has 0 spiro atoms. The fraction of sp³-hybridized carbons (Fsp3) is 0.966. The van der Waals surface area contributed by atoms with Gasteiger partial charge in [0.2, 0.25) is 0 Å². The minimum Gasteiger partial charge on any atom is -0.390 e. The quantitative estimate of drug-likeness (QED) is 0.475. The number of carbonyl (C=O) groups is 1. The molecule has 5 nitrogen and oxygen atoms in total. The van der Waals surface area contributed by atoms with E-state index >= 15 is 0 Å². The van der Waals surface area contributed by atoms with Gasteiger partial charge in [0.25, 0.3) is 0 Å². The molecular formula is C29H50O5. The van der Waals surface area contributed by atoms with Gasteiger partial charge in [-0.15, -0.1) is 0 Å². The highest BCUT2D eigenvalue weighted by Gasteiger charge is 2.62. The number of carbonyl (C=O) groups excluding carboxylic acids is 1. The van der Waals surface area contributed by atoms with Gasteiger partial charge in [-0.05, 0) is 97.2 Å². The van der Waals surface area contributed by atoms with E-state index in [1.807, 2.05) is 6.92 Å². The first kappa shape index (κ1) is 26.6. The van der Waals surface area contributed by atoms with Crippen LogP contribution < -0.4 is 0 Å². The second-order valence-electron chi connectivity index (χ2n) is 13.7. The van der Waals surface area contributed by atoms with Crippen LogP contribution in [-0.2, 0) is 4.79 Å². The lowest BCUT2D eigenvalue weighted by Gasteiger charge is -2.57. The SMILES string of the molecule is CC(C)[C@H](C)[C@@H](O)[C@H](O)[C@@H](C)[C@H]1CCC2C3CCC(=O)[C@@H]4C[C@H](O)[C@H](O)C[C@]4(C)C3CC[C@@]21C. The van der Waals surface area contributed by atoms with Gasteiger partial charge < -0.3 is 20.4 Å². The molecule has 196 valence electrons. The van der Waals surface area contributed by atoms with Crippen LogP contribution in [0.15, 0.2) is 0 Å². The summed E-state index contributed by atoms with van der Waals surface area (Å²) in [6.45, 7) is 13.0. The summed E-state index contributed by atoms with van der Waals surface area (Å²) in [4.78, 5) is 13.2. The number of hydrogen-bond acceptors (Lipinski definition) is 5. The van der Waals surface area contributed by atoms with Crippen LogP contribution in [0.2, 0.25) is 0 Å². The van der Waals surface area contributed by atoms with E-state index in [4.69, 9.17) is 0 Å². The van der Waals surface area contributed by atoms with E-state index < -0.39 is 24.4 Å². The molecule has 5 heteroatoms. The molecule has 0 radical (unpaired) electrons. The highest BCUT2D eigenvalue weighted by molar-refractivity contribution is 5.82. The fourth-order valence-electron chi connectivity index (χ4n) is 9.46. The molecule has 0 aromatic rings. The predicted octanol–water partition coefficient (Wildman–Crippen LogP) is 4.20. The predicted molar refractivity (Wildman–Crippen MR) is 133 cm³/mol. The Hall–Kier alpha value is -0.490. The van der Waals surface area contributed by atoms with Crippen LogP contribution in [0.1, 0.15) is 92.9 Å².